The third-order valence-corrected chi connectivity index (χ3v) is 26.0. The Balaban J connectivity index is 0.000000128. The molecule has 3 unspecified atom stereocenters. The van der Waals surface area contributed by atoms with E-state index in [9.17, 15) is 2.74 Å². The molecule has 628 valence electrons. The van der Waals surface area contributed by atoms with Crippen molar-refractivity contribution < 1.29 is 59.2 Å². The lowest BCUT2D eigenvalue weighted by Crippen LogP contribution is -2.32. The monoisotopic (exact) mass is 1640 g/mol. The number of furan rings is 4. The van der Waals surface area contributed by atoms with Gasteiger partial charge in [0.2, 0.25) is 45.6 Å². The van der Waals surface area contributed by atoms with Crippen molar-refractivity contribution >= 4 is 88.3 Å². The van der Waals surface area contributed by atoms with Gasteiger partial charge in [-0.25, -0.2) is 38.2 Å². The molecule has 4 saturated carbocycles. The number of benzene rings is 4. The summed E-state index contributed by atoms with van der Waals surface area (Å²) in [4.78, 5) is 18.5. The molecule has 122 heavy (non-hydrogen) atoms. The van der Waals surface area contributed by atoms with Crippen LogP contribution in [-0.4, -0.2) is 19.9 Å². The van der Waals surface area contributed by atoms with Gasteiger partial charge in [-0.15, -0.1) is 0 Å². The van der Waals surface area contributed by atoms with Crippen LogP contribution in [0.5, 0.6) is 0 Å². The van der Waals surface area contributed by atoms with Gasteiger partial charge >= 0.3 is 0 Å². The van der Waals surface area contributed by atoms with Gasteiger partial charge < -0.3 is 17.7 Å². The van der Waals surface area contributed by atoms with Crippen molar-refractivity contribution in [3.8, 4) is 45.0 Å². The Morgan fingerprint density at radius 1 is 0.418 bits per heavy atom. The number of aromatic nitrogens is 8. The van der Waals surface area contributed by atoms with Crippen molar-refractivity contribution in [2.75, 3.05) is 0 Å². The Morgan fingerprint density at radius 2 is 0.844 bits per heavy atom. The Bertz CT molecular complexity index is 7590. The van der Waals surface area contributed by atoms with E-state index in [0.29, 0.717) is 102 Å². The van der Waals surface area contributed by atoms with Crippen molar-refractivity contribution in [1.82, 2.24) is 19.9 Å². The maximum absolute atomic E-state index is 9.29. The molecular formula is C110H128N8O4+4. The van der Waals surface area contributed by atoms with Gasteiger partial charge in [0.25, 0.3) is 0 Å². The first-order chi connectivity index (χ1) is 64.7. The number of hydrogen-bond donors (Lipinski definition) is 0. The zero-order chi connectivity index (χ0) is 101. The Hall–Kier alpha value is -10.7. The second-order valence-corrected chi connectivity index (χ2v) is 38.6. The Morgan fingerprint density at radius 3 is 1.29 bits per heavy atom. The average molecular weight is 1640 g/mol. The van der Waals surface area contributed by atoms with Crippen LogP contribution in [0.25, 0.3) is 133 Å². The average Bonchev–Trinajstić information content (AvgIpc) is 1.19. The molecule has 3 atom stereocenters. The van der Waals surface area contributed by atoms with Crippen LogP contribution in [0.3, 0.4) is 0 Å². The highest BCUT2D eigenvalue weighted by atomic mass is 16.4. The van der Waals surface area contributed by atoms with E-state index in [1.807, 2.05) is 163 Å². The molecule has 12 nitrogen and oxygen atoms in total. The van der Waals surface area contributed by atoms with E-state index in [4.69, 9.17) is 43.2 Å². The van der Waals surface area contributed by atoms with Gasteiger partial charge in [-0.1, -0.05) is 130 Å². The van der Waals surface area contributed by atoms with Crippen molar-refractivity contribution in [3.05, 3.63) is 236 Å². The second-order valence-electron chi connectivity index (χ2n) is 38.6. The van der Waals surface area contributed by atoms with Gasteiger partial charge in [-0.05, 0) is 278 Å². The molecular weight excluding hydrogens is 1500 g/mol. The highest BCUT2D eigenvalue weighted by molar-refractivity contribution is 6.13. The molecule has 0 spiro atoms. The quantitative estimate of drug-likeness (QED) is 0.131. The van der Waals surface area contributed by atoms with E-state index in [1.165, 1.54) is 12.8 Å². The lowest BCUT2D eigenvalue weighted by molar-refractivity contribution is -0.660. The molecule has 16 aromatic rings. The van der Waals surface area contributed by atoms with Crippen LogP contribution >= 0.6 is 0 Å². The predicted octanol–water partition coefficient (Wildman–Crippen LogP) is 27.1. The van der Waals surface area contributed by atoms with Gasteiger partial charge in [0.15, 0.2) is 47.1 Å². The minimum absolute atomic E-state index is 0.117. The summed E-state index contributed by atoms with van der Waals surface area (Å²) in [5, 5.41) is 5.75. The van der Waals surface area contributed by atoms with E-state index in [0.717, 1.165) is 187 Å². The molecule has 2 bridgehead atoms. The molecule has 12 aromatic heterocycles. The first-order valence-corrected chi connectivity index (χ1v) is 43.6. The number of aryl methyl sites for hydroxylation is 15. The lowest BCUT2D eigenvalue weighted by atomic mass is 9.71. The normalized spacial score (nSPS) is 20.7. The van der Waals surface area contributed by atoms with Crippen molar-refractivity contribution in [3.63, 3.8) is 0 Å². The lowest BCUT2D eigenvalue weighted by Gasteiger charge is -2.34. The molecule has 4 fully saturated rings. The molecule has 4 aliphatic carbocycles. The minimum atomic E-state index is -2.32. The van der Waals surface area contributed by atoms with Crippen LogP contribution in [0.4, 0.5) is 0 Å². The number of pyridine rings is 8. The molecule has 4 aliphatic rings. The zero-order valence-corrected chi connectivity index (χ0v) is 74.6. The third-order valence-electron chi connectivity index (χ3n) is 26.0. The highest BCUT2D eigenvalue weighted by Gasteiger charge is 2.42. The van der Waals surface area contributed by atoms with Crippen molar-refractivity contribution in [2.45, 2.75) is 245 Å². The smallest absolute Gasteiger partial charge is 0.227 e. The maximum Gasteiger partial charge on any atom is 0.227 e. The summed E-state index contributed by atoms with van der Waals surface area (Å²) in [6.45, 7) is 21.0. The molecule has 0 aliphatic heterocycles. The molecule has 0 saturated heterocycles. The fourth-order valence-electron chi connectivity index (χ4n) is 19.7. The summed E-state index contributed by atoms with van der Waals surface area (Å²) >= 11 is 0. The molecule has 4 aromatic carbocycles. The molecule has 12 heteroatoms. The standard InChI is InChI=1S/C30H35N2O.C28H33N2O.C26H29N2O.C26H31N2O/c1-18-6-9-22-23-10-11-25(24-15-19-7-8-21(24)14-19)31-29(23)33-28(22)27(18)26-16-20(12-13-32(26)5)17-30(2,3)4;1-17-7-8-22-24-18(2)15-19(3)29-27(24)31-26(22)25(17)23-16-21(11-14-30(23)6)20-9-12-28(4,5)13-10-20;1-16-10-11-21-23-17(2)14-18(3)27-26(23)29-25(21)24(16)22-15-20(12-13-28(22)4)19-8-6-5-7-9-19;1-15-9-10-20-22-16(2)11-18(4)27-25(22)29-24(20)23(15)21-12-19(13-26(5,6)7)17(3)14-28(21)8/h6,9-13,16,19,21,24H,7-8,14-15,17H2,1-5H3;7-8,11,14-16,20H,9-10,12-13H2,1-6H3;10-15,19H,5-9H2,1-4H3;9-12,14H,13H2,1-8H3/q4*+1/i17D2,24D;2D3,20D;2D3,19D;2D3,3D3. The number of rotatable bonds is 9. The summed E-state index contributed by atoms with van der Waals surface area (Å²) in [6.07, 6.45) is 20.1. The topological polar surface area (TPSA) is 120 Å². The van der Waals surface area contributed by atoms with E-state index < -0.39 is 56.9 Å². The predicted molar refractivity (Wildman–Crippen MR) is 500 cm³/mol. The van der Waals surface area contributed by atoms with Gasteiger partial charge in [-0.3, -0.25) is 0 Å². The van der Waals surface area contributed by atoms with Gasteiger partial charge in [0, 0.05) is 127 Å². The van der Waals surface area contributed by atoms with Crippen LogP contribution in [0.2, 0.25) is 0 Å². The van der Waals surface area contributed by atoms with Crippen LogP contribution < -0.4 is 18.3 Å². The van der Waals surface area contributed by atoms with Crippen LogP contribution in [0.1, 0.15) is 269 Å². The van der Waals surface area contributed by atoms with Gasteiger partial charge in [0.1, 0.15) is 28.2 Å². The summed E-state index contributed by atoms with van der Waals surface area (Å²) in [7, 11) is 7.80. The first kappa shape index (κ1) is 65.0. The van der Waals surface area contributed by atoms with E-state index in [1.54, 1.807) is 45.2 Å². The van der Waals surface area contributed by atoms with Crippen molar-refractivity contribution in [1.29, 1.82) is 0 Å². The van der Waals surface area contributed by atoms with Crippen LogP contribution in [0.15, 0.2) is 164 Å². The minimum Gasteiger partial charge on any atom is -0.437 e. The zero-order valence-electron chi connectivity index (χ0n) is 91.6. The number of hydrogen-bond acceptors (Lipinski definition) is 8. The summed E-state index contributed by atoms with van der Waals surface area (Å²) in [5.41, 5.74) is 22.2. The van der Waals surface area contributed by atoms with Crippen LogP contribution in [0, 0.1) is 104 Å². The summed E-state index contributed by atoms with van der Waals surface area (Å²) in [6, 6.07) is 39.1. The van der Waals surface area contributed by atoms with E-state index in [2.05, 4.69) is 104 Å². The maximum atomic E-state index is 9.29. The molecule has 0 N–H and O–H groups in total. The first-order valence-electron chi connectivity index (χ1n) is 52.1. The third kappa shape index (κ3) is 16.3. The molecule has 0 amide bonds. The SMILES string of the molecule is [2H]C([2H])([2H])c1c[n+](C)c(-c2c(C)ccc3c2oc2nc(C)cc(C([2H])([2H])[2H])c23)cc1CC(C)(C)C.[2H]C([2H])([2H])c1cc(C)nc2oc3c(-c4cc(C5([2H])CCC(C)(C)CC5)cc[n+]4C)c(C)ccc3c12.[2H]C([2H])([2H])c1cc(C)nc2oc3c(-c4cc(C5([2H])CCCCC5)cc[n+]4C)c(C)ccc3c12.[2H]C1(c2ccc3c(n2)oc2c(-c4cc(C([2H])([2H])C(C)(C)C)cc[n+]4C)c(C)ccc23)CC2CCC1C2. The fourth-order valence-corrected chi connectivity index (χ4v) is 19.7. The molecule has 20 rings (SSSR count). The number of nitrogens with zero attached hydrogens (tertiary/aromatic N) is 8. The largest absolute Gasteiger partial charge is 0.437 e. The van der Waals surface area contributed by atoms with E-state index in [-0.39, 0.29) is 33.2 Å². The molecule has 12 heterocycles. The molecule has 0 radical (unpaired) electrons. The van der Waals surface area contributed by atoms with Crippen LogP contribution in [-0.2, 0) is 41.0 Å². The summed E-state index contributed by atoms with van der Waals surface area (Å²) in [5.74, 6) is -0.717. The highest BCUT2D eigenvalue weighted by Crippen LogP contribution is 2.54. The van der Waals surface area contributed by atoms with Crippen molar-refractivity contribution in [2.24, 2.45) is 56.3 Å². The summed E-state index contributed by atoms with van der Waals surface area (Å²) < 4.78 is 175. The number of fused-ring (bicyclic) bond motifs is 14. The van der Waals surface area contributed by atoms with E-state index >= 15 is 0 Å². The fraction of sp³-hybridized carbons (Fsp3) is 0.418. The Kier molecular flexibility index (Phi) is 17.3. The second kappa shape index (κ2) is 32.5. The van der Waals surface area contributed by atoms with Gasteiger partial charge in [0.05, 0.1) is 38.4 Å². The van der Waals surface area contributed by atoms with Gasteiger partial charge in [-0.2, -0.15) is 0 Å². The Labute approximate surface area is 746 Å².